The van der Waals surface area contributed by atoms with E-state index in [0.717, 1.165) is 0 Å². The summed E-state index contributed by atoms with van der Waals surface area (Å²) in [6, 6.07) is 0. The fourth-order valence-corrected chi connectivity index (χ4v) is 0.136. The van der Waals surface area contributed by atoms with Gasteiger partial charge >= 0.3 is 68.4 Å². The van der Waals surface area contributed by atoms with Crippen LogP contribution >= 0.6 is 0 Å². The first-order chi connectivity index (χ1) is 4.57. The van der Waals surface area contributed by atoms with Gasteiger partial charge in [-0.2, -0.15) is 0 Å². The van der Waals surface area contributed by atoms with Crippen LogP contribution in [0.2, 0.25) is 0 Å². The molecule has 0 aliphatic carbocycles. The van der Waals surface area contributed by atoms with Crippen LogP contribution in [0.1, 0.15) is 0 Å². The third-order valence-electron chi connectivity index (χ3n) is 0.394. The van der Waals surface area contributed by atoms with E-state index in [1.807, 2.05) is 0 Å². The van der Waals surface area contributed by atoms with Gasteiger partial charge in [-0.1, -0.05) is 0 Å². The second-order valence-corrected chi connectivity index (χ2v) is 0.967. The van der Waals surface area contributed by atoms with Crippen LogP contribution in [0.25, 0.3) is 0 Å². The molecule has 0 aromatic carbocycles. The summed E-state index contributed by atoms with van der Waals surface area (Å²) in [5, 5.41) is 7.71. The van der Waals surface area contributed by atoms with Crippen LogP contribution in [-0.2, 0) is 19.4 Å². The van der Waals surface area contributed by atoms with Gasteiger partial charge in [0.05, 0.1) is 0 Å². The maximum absolute atomic E-state index is 10.7. The molecule has 58 valence electrons. The average Bonchev–Trinajstić information content (AvgIpc) is 1.85. The molecule has 0 amide bonds. The summed E-state index contributed by atoms with van der Waals surface area (Å²) >= 11 is 0. The SMILES string of the molecule is O=C(OF)C(=O)O[N+](=O)[O-].[KH]. The number of hydrogen-bond acceptors (Lipinski definition) is 6. The third kappa shape index (κ3) is 6.31. The standard InChI is InChI=1S/C2FNO6.K.H/c3-9-1(5)2(6)10-4(7)8;;. The molecule has 0 rings (SSSR count). The van der Waals surface area contributed by atoms with Crippen LogP contribution in [0.5, 0.6) is 0 Å². The van der Waals surface area contributed by atoms with E-state index in [-0.39, 0.29) is 51.4 Å². The van der Waals surface area contributed by atoms with Gasteiger partial charge in [-0.15, -0.1) is 10.1 Å². The van der Waals surface area contributed by atoms with E-state index in [4.69, 9.17) is 0 Å². The van der Waals surface area contributed by atoms with E-state index in [2.05, 4.69) is 9.78 Å². The van der Waals surface area contributed by atoms with Crippen molar-refractivity contribution in [2.45, 2.75) is 0 Å². The van der Waals surface area contributed by atoms with Crippen LogP contribution in [0.3, 0.4) is 0 Å². The maximum atomic E-state index is 10.7. The predicted molar refractivity (Wildman–Crippen MR) is 27.4 cm³/mol. The molecule has 0 unspecified atom stereocenters. The number of nitrogens with zero attached hydrogens (tertiary/aromatic N) is 1. The summed E-state index contributed by atoms with van der Waals surface area (Å²) in [5.74, 6) is -4.09. The van der Waals surface area contributed by atoms with Gasteiger partial charge in [-0.05, 0) is 0 Å². The molecule has 0 aromatic heterocycles. The van der Waals surface area contributed by atoms with Crippen LogP contribution in [-0.4, -0.2) is 68.4 Å². The summed E-state index contributed by atoms with van der Waals surface area (Å²) in [6.45, 7) is 0. The van der Waals surface area contributed by atoms with E-state index < -0.39 is 17.0 Å². The van der Waals surface area contributed by atoms with E-state index in [0.29, 0.717) is 0 Å². The van der Waals surface area contributed by atoms with Crippen molar-refractivity contribution in [3.63, 3.8) is 0 Å². The van der Waals surface area contributed by atoms with Crippen molar-refractivity contribution >= 4 is 63.3 Å². The fourth-order valence-electron chi connectivity index (χ4n) is 0.136. The van der Waals surface area contributed by atoms with Crippen molar-refractivity contribution in [1.29, 1.82) is 0 Å². The quantitative estimate of drug-likeness (QED) is 0.217. The summed E-state index contributed by atoms with van der Waals surface area (Å²) in [5.41, 5.74) is 0. The number of carbonyl (C=O) groups excluding carboxylic acids is 2. The zero-order chi connectivity index (χ0) is 8.15. The molecule has 7 nitrogen and oxygen atoms in total. The second kappa shape index (κ2) is 6.61. The first-order valence-electron chi connectivity index (χ1n) is 1.77. The molecule has 0 saturated carbocycles. The number of hydrogen-bond donors (Lipinski definition) is 0. The van der Waals surface area contributed by atoms with Crippen molar-refractivity contribution in [1.82, 2.24) is 0 Å². The predicted octanol–water partition coefficient (Wildman–Crippen LogP) is -1.50. The van der Waals surface area contributed by atoms with Gasteiger partial charge in [-0.25, -0.2) is 14.6 Å². The number of carbonyl (C=O) groups is 2. The Bertz CT molecular complexity index is 181. The molecule has 0 aromatic rings. The van der Waals surface area contributed by atoms with Crippen molar-refractivity contribution < 1.29 is 29.0 Å². The zero-order valence-corrected chi connectivity index (χ0v) is 4.27. The van der Waals surface area contributed by atoms with Crippen molar-refractivity contribution in [3.8, 4) is 0 Å². The van der Waals surface area contributed by atoms with E-state index in [1.54, 1.807) is 0 Å². The molecular weight excluding hydrogens is 192 g/mol. The fraction of sp³-hybridized carbons (Fsp3) is 0. The van der Waals surface area contributed by atoms with Gasteiger partial charge in [0.25, 0.3) is 0 Å². The van der Waals surface area contributed by atoms with Gasteiger partial charge in [0.1, 0.15) is 0 Å². The topological polar surface area (TPSA) is 95.7 Å². The van der Waals surface area contributed by atoms with E-state index in [1.165, 1.54) is 0 Å². The van der Waals surface area contributed by atoms with Crippen LogP contribution in [0.15, 0.2) is 0 Å². The molecule has 0 fully saturated rings. The summed E-state index contributed by atoms with van der Waals surface area (Å²) in [4.78, 5) is 34.0. The van der Waals surface area contributed by atoms with Gasteiger partial charge in [0, 0.05) is 4.53 Å². The summed E-state index contributed by atoms with van der Waals surface area (Å²) in [7, 11) is 0. The Morgan fingerprint density at radius 3 is 2.09 bits per heavy atom. The average molecular weight is 193 g/mol. The van der Waals surface area contributed by atoms with Crippen molar-refractivity contribution in [2.24, 2.45) is 0 Å². The second-order valence-electron chi connectivity index (χ2n) is 0.967. The molecule has 0 saturated heterocycles. The van der Waals surface area contributed by atoms with Crippen molar-refractivity contribution in [2.75, 3.05) is 0 Å². The molecule has 11 heavy (non-hydrogen) atoms. The molecule has 0 heterocycles. The third-order valence-corrected chi connectivity index (χ3v) is 0.394. The van der Waals surface area contributed by atoms with Gasteiger partial charge in [-0.3, -0.25) is 4.79 Å². The van der Waals surface area contributed by atoms with Crippen LogP contribution in [0, 0.1) is 10.1 Å². The molecule has 0 bridgehead atoms. The Hall–Kier alpha value is -0.0936. The molecular formula is C2HFKNO6. The first-order valence-corrected chi connectivity index (χ1v) is 1.77. The van der Waals surface area contributed by atoms with E-state index >= 15 is 0 Å². The minimum atomic E-state index is -2.07. The van der Waals surface area contributed by atoms with Gasteiger partial charge < -0.3 is 0 Å². The van der Waals surface area contributed by atoms with Crippen LogP contribution < -0.4 is 0 Å². The number of halogens is 1. The Balaban J connectivity index is 0. The molecule has 9 heteroatoms. The molecule has 0 spiro atoms. The van der Waals surface area contributed by atoms with Crippen LogP contribution in [0.4, 0.5) is 4.53 Å². The molecule has 0 radical (unpaired) electrons. The Labute approximate surface area is 101 Å². The molecule has 0 aliphatic heterocycles. The molecule has 0 atom stereocenters. The van der Waals surface area contributed by atoms with Crippen molar-refractivity contribution in [3.05, 3.63) is 10.1 Å². The Morgan fingerprint density at radius 1 is 1.36 bits per heavy atom. The Kier molecular flexibility index (Phi) is 8.10. The Morgan fingerprint density at radius 2 is 1.82 bits per heavy atom. The summed E-state index contributed by atoms with van der Waals surface area (Å²) < 4.78 is 10.7. The molecule has 0 aliphatic rings. The first kappa shape index (κ1) is 13.5. The minimum absolute atomic E-state index is 0. The molecule has 0 N–H and O–H groups in total. The van der Waals surface area contributed by atoms with E-state index in [9.17, 15) is 24.2 Å². The van der Waals surface area contributed by atoms with Gasteiger partial charge in [0.2, 0.25) is 0 Å². The monoisotopic (exact) mass is 193 g/mol. The number of rotatable bonds is 1. The zero-order valence-electron chi connectivity index (χ0n) is 4.27. The summed E-state index contributed by atoms with van der Waals surface area (Å²) in [6.07, 6.45) is 0. The normalized spacial score (nSPS) is 7.36. The van der Waals surface area contributed by atoms with Gasteiger partial charge in [0.15, 0.2) is 0 Å².